The molecule has 43 heavy (non-hydrogen) atoms. The lowest BCUT2D eigenvalue weighted by Gasteiger charge is -2.24. The van der Waals surface area contributed by atoms with Gasteiger partial charge in [0, 0.05) is 30.8 Å². The lowest BCUT2D eigenvalue weighted by molar-refractivity contribution is -0.135. The second-order valence-corrected chi connectivity index (χ2v) is 11.0. The molecule has 0 aliphatic rings. The Morgan fingerprint density at radius 1 is 0.907 bits per heavy atom. The van der Waals surface area contributed by atoms with Gasteiger partial charge in [-0.05, 0) is 23.3 Å². The molecule has 0 saturated carbocycles. The third-order valence-electron chi connectivity index (χ3n) is 6.56. The molecule has 4 amide bonds. The molecule has 1 aromatic heterocycles. The van der Waals surface area contributed by atoms with Crippen molar-refractivity contribution < 1.29 is 34.2 Å². The molecule has 1 atom stereocenters. The van der Waals surface area contributed by atoms with Crippen LogP contribution in [-0.2, 0) is 39.2 Å². The van der Waals surface area contributed by atoms with Crippen LogP contribution in [0.3, 0.4) is 0 Å². The van der Waals surface area contributed by atoms with Crippen LogP contribution >= 0.6 is 0 Å². The normalized spacial score (nSPS) is 11.8. The van der Waals surface area contributed by atoms with Crippen molar-refractivity contribution in [2.45, 2.75) is 39.8 Å². The van der Waals surface area contributed by atoms with E-state index in [9.17, 15) is 33.9 Å². The number of nitrogens with zero attached hydrogens (tertiary/aromatic N) is 1. The summed E-state index contributed by atoms with van der Waals surface area (Å²) in [6, 6.07) is 12.9. The molecular formula is C30H35N5O8. The van der Waals surface area contributed by atoms with Gasteiger partial charge in [0.25, 0.3) is 11.5 Å². The van der Waals surface area contributed by atoms with E-state index in [1.807, 2.05) is 30.3 Å². The Labute approximate surface area is 247 Å². The first-order chi connectivity index (χ1) is 20.2. The van der Waals surface area contributed by atoms with Crippen LogP contribution in [0.15, 0.2) is 53.3 Å². The smallest absolute Gasteiger partial charge is 0.322 e. The molecule has 3 aromatic rings. The first kappa shape index (κ1) is 32.3. The highest BCUT2D eigenvalue weighted by molar-refractivity contribution is 6.03. The number of pyridine rings is 1. The van der Waals surface area contributed by atoms with Crippen molar-refractivity contribution in [3.63, 3.8) is 0 Å². The van der Waals surface area contributed by atoms with E-state index in [4.69, 9.17) is 5.11 Å². The maximum absolute atomic E-state index is 13.0. The fourth-order valence-corrected chi connectivity index (χ4v) is 4.12. The second kappa shape index (κ2) is 13.6. The predicted molar refractivity (Wildman–Crippen MR) is 157 cm³/mol. The largest absolute Gasteiger partial charge is 0.506 e. The van der Waals surface area contributed by atoms with Gasteiger partial charge < -0.3 is 36.0 Å². The minimum atomic E-state index is -1.32. The predicted octanol–water partition coefficient (Wildman–Crippen LogP) is 0.565. The summed E-state index contributed by atoms with van der Waals surface area (Å²) in [6.07, 6.45) is 0.232. The van der Waals surface area contributed by atoms with Gasteiger partial charge in [-0.1, -0.05) is 57.2 Å². The van der Waals surface area contributed by atoms with E-state index in [1.165, 1.54) is 19.2 Å². The molecule has 1 heterocycles. The number of carbonyl (C=O) groups is 5. The Morgan fingerprint density at radius 3 is 2.21 bits per heavy atom. The number of hydrogen-bond donors (Lipinski definition) is 6. The van der Waals surface area contributed by atoms with E-state index in [2.05, 4.69) is 21.3 Å². The number of nitrogens with one attached hydrogen (secondary N) is 4. The molecule has 0 aliphatic heterocycles. The van der Waals surface area contributed by atoms with Crippen LogP contribution < -0.4 is 26.8 Å². The Bertz CT molecular complexity index is 1610. The van der Waals surface area contributed by atoms with E-state index < -0.39 is 58.6 Å². The van der Waals surface area contributed by atoms with Crippen molar-refractivity contribution >= 4 is 40.5 Å². The van der Waals surface area contributed by atoms with Crippen LogP contribution in [-0.4, -0.2) is 63.5 Å². The molecule has 0 fully saturated rings. The van der Waals surface area contributed by atoms with Crippen molar-refractivity contribution in [2.24, 2.45) is 12.5 Å². The molecule has 0 spiro atoms. The summed E-state index contributed by atoms with van der Waals surface area (Å²) in [5.74, 6) is -4.34. The molecule has 0 aliphatic carbocycles. The van der Waals surface area contributed by atoms with Crippen LogP contribution in [0.4, 0.5) is 0 Å². The summed E-state index contributed by atoms with van der Waals surface area (Å²) in [5, 5.41) is 29.7. The Balaban J connectivity index is 1.69. The van der Waals surface area contributed by atoms with Gasteiger partial charge in [-0.3, -0.25) is 28.8 Å². The number of aromatic nitrogens is 1. The Hall–Kier alpha value is -5.20. The van der Waals surface area contributed by atoms with E-state index in [0.717, 1.165) is 10.1 Å². The standard InChI is InChI=1S/C30H35N5O8/c1-30(2,3)29(43)34-20(13-17-8-6-5-7-9-17)26(40)32-15-22(36)31-14-18-10-11-21-19(12-18)25(39)24(28(42)35(21)4)27(41)33-16-23(37)38/h5-12,20,39H,13-16H2,1-4H3,(H,31,36)(H,32,40)(H,33,41)(H,34,43)(H,37,38)/t20-/m1/s1. The average molecular weight is 594 g/mol. The maximum Gasteiger partial charge on any atom is 0.322 e. The second-order valence-electron chi connectivity index (χ2n) is 11.0. The number of aliphatic carboxylic acids is 1. The summed E-state index contributed by atoms with van der Waals surface area (Å²) in [6.45, 7) is 4.08. The first-order valence-corrected chi connectivity index (χ1v) is 13.4. The minimum absolute atomic E-state index is 0.0122. The third-order valence-corrected chi connectivity index (χ3v) is 6.56. The number of aryl methyl sites for hydroxylation is 1. The van der Waals surface area contributed by atoms with Crippen LogP contribution in [0.1, 0.15) is 42.3 Å². The number of amides is 4. The molecule has 0 bridgehead atoms. The van der Waals surface area contributed by atoms with Crippen LogP contribution in [0.5, 0.6) is 5.75 Å². The van der Waals surface area contributed by atoms with Crippen LogP contribution in [0.2, 0.25) is 0 Å². The molecule has 0 radical (unpaired) electrons. The van der Waals surface area contributed by atoms with Crippen molar-refractivity contribution in [2.75, 3.05) is 13.1 Å². The monoisotopic (exact) mass is 593 g/mol. The SMILES string of the molecule is Cn1c(=O)c(C(=O)NCC(=O)O)c(O)c2cc(CNC(=O)CNC(=O)[C@@H](Cc3ccccc3)NC(=O)C(C)(C)C)ccc21. The number of aromatic hydroxyl groups is 1. The zero-order chi connectivity index (χ0) is 31.9. The lowest BCUT2D eigenvalue weighted by atomic mass is 9.94. The quantitative estimate of drug-likeness (QED) is 0.185. The fourth-order valence-electron chi connectivity index (χ4n) is 4.12. The molecule has 0 unspecified atom stereocenters. The zero-order valence-electron chi connectivity index (χ0n) is 24.3. The van der Waals surface area contributed by atoms with E-state index >= 15 is 0 Å². The summed E-state index contributed by atoms with van der Waals surface area (Å²) >= 11 is 0. The van der Waals surface area contributed by atoms with Gasteiger partial charge in [-0.25, -0.2) is 0 Å². The molecule has 0 saturated heterocycles. The van der Waals surface area contributed by atoms with Gasteiger partial charge in [0.1, 0.15) is 23.9 Å². The van der Waals surface area contributed by atoms with Crippen molar-refractivity contribution in [3.8, 4) is 5.75 Å². The highest BCUT2D eigenvalue weighted by atomic mass is 16.4. The maximum atomic E-state index is 13.0. The molecule has 13 heteroatoms. The van der Waals surface area contributed by atoms with Crippen molar-refractivity contribution in [1.82, 2.24) is 25.8 Å². The number of carbonyl (C=O) groups excluding carboxylic acids is 4. The number of benzene rings is 2. The van der Waals surface area contributed by atoms with Crippen molar-refractivity contribution in [1.29, 1.82) is 0 Å². The summed E-state index contributed by atoms with van der Waals surface area (Å²) in [4.78, 5) is 74.0. The molecule has 6 N–H and O–H groups in total. The minimum Gasteiger partial charge on any atom is -0.506 e. The number of carboxylic acids is 1. The average Bonchev–Trinajstić information content (AvgIpc) is 2.96. The Morgan fingerprint density at radius 2 is 1.58 bits per heavy atom. The first-order valence-electron chi connectivity index (χ1n) is 13.4. The van der Waals surface area contributed by atoms with Crippen molar-refractivity contribution in [3.05, 3.63) is 75.6 Å². The number of hydrogen-bond acceptors (Lipinski definition) is 7. The van der Waals surface area contributed by atoms with Gasteiger partial charge in [0.05, 0.1) is 12.1 Å². The van der Waals surface area contributed by atoms with E-state index in [1.54, 1.807) is 26.8 Å². The summed E-state index contributed by atoms with van der Waals surface area (Å²) in [5.41, 5.74) is -0.492. The molecule has 13 nitrogen and oxygen atoms in total. The Kier molecular flexibility index (Phi) is 10.3. The highest BCUT2D eigenvalue weighted by Gasteiger charge is 2.28. The lowest BCUT2D eigenvalue weighted by Crippen LogP contribution is -2.52. The van der Waals surface area contributed by atoms with Gasteiger partial charge in [-0.15, -0.1) is 0 Å². The van der Waals surface area contributed by atoms with Gasteiger partial charge in [0.15, 0.2) is 0 Å². The highest BCUT2D eigenvalue weighted by Crippen LogP contribution is 2.27. The van der Waals surface area contributed by atoms with Gasteiger partial charge >= 0.3 is 5.97 Å². The van der Waals surface area contributed by atoms with E-state index in [-0.39, 0.29) is 30.8 Å². The number of rotatable bonds is 11. The number of fused-ring (bicyclic) bond motifs is 1. The zero-order valence-corrected chi connectivity index (χ0v) is 24.3. The summed E-state index contributed by atoms with van der Waals surface area (Å²) < 4.78 is 1.15. The van der Waals surface area contributed by atoms with Crippen LogP contribution in [0, 0.1) is 5.41 Å². The van der Waals surface area contributed by atoms with Gasteiger partial charge in [0.2, 0.25) is 17.7 Å². The van der Waals surface area contributed by atoms with E-state index in [0.29, 0.717) is 11.1 Å². The number of carboxylic acid groups (broad SMARTS) is 1. The molecular weight excluding hydrogens is 558 g/mol. The fraction of sp³-hybridized carbons (Fsp3) is 0.333. The topological polar surface area (TPSA) is 196 Å². The van der Waals surface area contributed by atoms with Gasteiger partial charge in [-0.2, -0.15) is 0 Å². The van der Waals surface area contributed by atoms with Crippen LogP contribution in [0.25, 0.3) is 10.9 Å². The molecule has 228 valence electrons. The molecule has 3 rings (SSSR count). The summed E-state index contributed by atoms with van der Waals surface area (Å²) in [7, 11) is 1.40. The third kappa shape index (κ3) is 8.41. The molecule has 2 aromatic carbocycles.